The van der Waals surface area contributed by atoms with E-state index in [1.807, 2.05) is 31.1 Å². The van der Waals surface area contributed by atoms with Crippen LogP contribution in [-0.2, 0) is 4.79 Å². The lowest BCUT2D eigenvalue weighted by atomic mass is 10.3. The molecule has 0 radical (unpaired) electrons. The maximum atomic E-state index is 10.4. The molecule has 5 nitrogen and oxygen atoms in total. The maximum Gasteiger partial charge on any atom is 0.322 e. The van der Waals surface area contributed by atoms with E-state index in [-0.39, 0.29) is 6.54 Å². The van der Waals surface area contributed by atoms with Gasteiger partial charge in [0.1, 0.15) is 18.9 Å². The van der Waals surface area contributed by atoms with Crippen LogP contribution in [0, 0.1) is 0 Å². The Balaban J connectivity index is 2.36. The van der Waals surface area contributed by atoms with Gasteiger partial charge in [0, 0.05) is 12.2 Å². The quantitative estimate of drug-likeness (QED) is 0.745. The molecule has 0 aliphatic heterocycles. The molecule has 0 atom stereocenters. The van der Waals surface area contributed by atoms with Crippen molar-refractivity contribution in [2.24, 2.45) is 0 Å². The summed E-state index contributed by atoms with van der Waals surface area (Å²) >= 11 is 0. The van der Waals surface area contributed by atoms with Crippen LogP contribution < -0.4 is 10.1 Å². The van der Waals surface area contributed by atoms with Crippen molar-refractivity contribution >= 4 is 11.7 Å². The number of nitrogens with one attached hydrogen (secondary N) is 1. The molecule has 2 N–H and O–H groups in total. The molecule has 0 heterocycles. The van der Waals surface area contributed by atoms with Crippen molar-refractivity contribution in [3.05, 3.63) is 24.3 Å². The molecule has 0 bridgehead atoms. The fourth-order valence-corrected chi connectivity index (χ4v) is 1.19. The number of likely N-dealkylation sites (N-methyl/N-ethyl adjacent to an activating group) is 1. The molecule has 1 aromatic rings. The average Bonchev–Trinajstić information content (AvgIpc) is 2.27. The number of carboxylic acid groups (broad SMARTS) is 1. The molecule has 5 heteroatoms. The summed E-state index contributed by atoms with van der Waals surface area (Å²) in [6.07, 6.45) is 0. The lowest BCUT2D eigenvalue weighted by molar-refractivity contribution is -0.134. The number of carboxylic acids is 1. The lowest BCUT2D eigenvalue weighted by Gasteiger charge is -2.11. The van der Waals surface area contributed by atoms with Crippen LogP contribution >= 0.6 is 0 Å². The van der Waals surface area contributed by atoms with Gasteiger partial charge in [-0.15, -0.1) is 0 Å². The van der Waals surface area contributed by atoms with Gasteiger partial charge in [-0.05, 0) is 38.4 Å². The minimum absolute atomic E-state index is 0.0825. The van der Waals surface area contributed by atoms with E-state index >= 15 is 0 Å². The normalized spacial score (nSPS) is 10.3. The fraction of sp³-hybridized carbons (Fsp3) is 0.417. The number of hydrogen-bond donors (Lipinski definition) is 2. The van der Waals surface area contributed by atoms with Crippen LogP contribution in [0.2, 0.25) is 0 Å². The Morgan fingerprint density at radius 2 is 2.00 bits per heavy atom. The minimum atomic E-state index is -0.878. The molecular formula is C12H18N2O3. The molecule has 17 heavy (non-hydrogen) atoms. The average molecular weight is 238 g/mol. The van der Waals surface area contributed by atoms with Crippen molar-refractivity contribution < 1.29 is 14.6 Å². The largest absolute Gasteiger partial charge is 0.492 e. The summed E-state index contributed by atoms with van der Waals surface area (Å²) in [5, 5.41) is 11.3. The summed E-state index contributed by atoms with van der Waals surface area (Å²) < 4.78 is 5.51. The molecule has 94 valence electrons. The monoisotopic (exact) mass is 238 g/mol. The number of ether oxygens (including phenoxy) is 1. The first kappa shape index (κ1) is 13.3. The van der Waals surface area contributed by atoms with E-state index in [0.29, 0.717) is 6.61 Å². The van der Waals surface area contributed by atoms with Crippen LogP contribution in [0.4, 0.5) is 5.69 Å². The summed E-state index contributed by atoms with van der Waals surface area (Å²) in [6.45, 7) is 1.41. The summed E-state index contributed by atoms with van der Waals surface area (Å²) in [5.41, 5.74) is 0.771. The molecule has 0 amide bonds. The molecule has 0 fully saturated rings. The Morgan fingerprint density at radius 1 is 1.35 bits per heavy atom. The maximum absolute atomic E-state index is 10.4. The van der Waals surface area contributed by atoms with E-state index in [4.69, 9.17) is 9.84 Å². The van der Waals surface area contributed by atoms with Crippen molar-refractivity contribution in [2.75, 3.05) is 39.1 Å². The Bertz CT molecular complexity index is 349. The number of rotatable bonds is 7. The summed E-state index contributed by atoms with van der Waals surface area (Å²) in [6, 6.07) is 7.24. The third-order valence-corrected chi connectivity index (χ3v) is 2.11. The van der Waals surface area contributed by atoms with Crippen LogP contribution in [0.25, 0.3) is 0 Å². The first-order chi connectivity index (χ1) is 8.08. The van der Waals surface area contributed by atoms with Gasteiger partial charge >= 0.3 is 5.97 Å². The van der Waals surface area contributed by atoms with Crippen molar-refractivity contribution in [3.63, 3.8) is 0 Å². The van der Waals surface area contributed by atoms with E-state index in [1.54, 1.807) is 12.1 Å². The Labute approximate surface area is 101 Å². The van der Waals surface area contributed by atoms with Crippen LogP contribution in [0.5, 0.6) is 5.75 Å². The molecule has 0 aromatic heterocycles. The predicted molar refractivity (Wildman–Crippen MR) is 66.6 cm³/mol. The summed E-state index contributed by atoms with van der Waals surface area (Å²) in [7, 11) is 3.98. The topological polar surface area (TPSA) is 61.8 Å². The molecule has 0 aliphatic carbocycles. The van der Waals surface area contributed by atoms with Crippen LogP contribution in [-0.4, -0.2) is 49.8 Å². The summed E-state index contributed by atoms with van der Waals surface area (Å²) in [4.78, 5) is 12.4. The Kier molecular flexibility index (Phi) is 5.29. The molecule has 1 aromatic carbocycles. The summed E-state index contributed by atoms with van der Waals surface area (Å²) in [5.74, 6) is -0.0935. The number of hydrogen-bond acceptors (Lipinski definition) is 4. The zero-order chi connectivity index (χ0) is 12.7. The molecule has 0 aliphatic rings. The third-order valence-electron chi connectivity index (χ3n) is 2.11. The zero-order valence-corrected chi connectivity index (χ0v) is 10.1. The van der Waals surface area contributed by atoms with Gasteiger partial charge in [0.05, 0.1) is 0 Å². The molecule has 1 rings (SSSR count). The SMILES string of the molecule is CN(C)CCOc1ccc(NCC(=O)O)cc1. The van der Waals surface area contributed by atoms with Gasteiger partial charge in [-0.3, -0.25) is 4.79 Å². The van der Waals surface area contributed by atoms with Crippen molar-refractivity contribution in [2.45, 2.75) is 0 Å². The standard InChI is InChI=1S/C12H18N2O3/c1-14(2)7-8-17-11-5-3-10(4-6-11)13-9-12(15)16/h3-6,13H,7-9H2,1-2H3,(H,15,16). The molecule has 0 unspecified atom stereocenters. The van der Waals surface area contributed by atoms with E-state index in [1.165, 1.54) is 0 Å². The van der Waals surface area contributed by atoms with Crippen molar-refractivity contribution in [3.8, 4) is 5.75 Å². The number of anilines is 1. The number of nitrogens with zero attached hydrogens (tertiary/aromatic N) is 1. The van der Waals surface area contributed by atoms with Gasteiger partial charge in [-0.2, -0.15) is 0 Å². The van der Waals surface area contributed by atoms with Crippen molar-refractivity contribution in [1.29, 1.82) is 0 Å². The molecule has 0 saturated heterocycles. The second-order valence-corrected chi connectivity index (χ2v) is 3.92. The van der Waals surface area contributed by atoms with Crippen LogP contribution in [0.15, 0.2) is 24.3 Å². The first-order valence-corrected chi connectivity index (χ1v) is 5.41. The van der Waals surface area contributed by atoms with Crippen LogP contribution in [0.3, 0.4) is 0 Å². The van der Waals surface area contributed by atoms with E-state index < -0.39 is 5.97 Å². The molecular weight excluding hydrogens is 220 g/mol. The highest BCUT2D eigenvalue weighted by atomic mass is 16.5. The fourth-order valence-electron chi connectivity index (χ4n) is 1.19. The lowest BCUT2D eigenvalue weighted by Crippen LogP contribution is -2.19. The zero-order valence-electron chi connectivity index (χ0n) is 10.1. The number of aliphatic carboxylic acids is 1. The van der Waals surface area contributed by atoms with Gasteiger partial charge in [0.15, 0.2) is 0 Å². The Hall–Kier alpha value is -1.75. The van der Waals surface area contributed by atoms with Crippen LogP contribution in [0.1, 0.15) is 0 Å². The third kappa shape index (κ3) is 5.77. The second-order valence-electron chi connectivity index (χ2n) is 3.92. The van der Waals surface area contributed by atoms with Gasteiger partial charge in [-0.25, -0.2) is 0 Å². The highest BCUT2D eigenvalue weighted by molar-refractivity contribution is 5.72. The smallest absolute Gasteiger partial charge is 0.322 e. The van der Waals surface area contributed by atoms with Crippen molar-refractivity contribution in [1.82, 2.24) is 4.90 Å². The second kappa shape index (κ2) is 6.75. The molecule has 0 spiro atoms. The van der Waals surface area contributed by atoms with E-state index in [2.05, 4.69) is 5.32 Å². The predicted octanol–water partition coefficient (Wildman–Crippen LogP) is 1.12. The highest BCUT2D eigenvalue weighted by Crippen LogP contribution is 2.15. The first-order valence-electron chi connectivity index (χ1n) is 5.41. The minimum Gasteiger partial charge on any atom is -0.492 e. The number of benzene rings is 1. The highest BCUT2D eigenvalue weighted by Gasteiger charge is 1.98. The van der Waals surface area contributed by atoms with Gasteiger partial charge < -0.3 is 20.1 Å². The van der Waals surface area contributed by atoms with E-state index in [9.17, 15) is 4.79 Å². The van der Waals surface area contributed by atoms with Gasteiger partial charge in [0.25, 0.3) is 0 Å². The Morgan fingerprint density at radius 3 is 2.53 bits per heavy atom. The van der Waals surface area contributed by atoms with Gasteiger partial charge in [0.2, 0.25) is 0 Å². The molecule has 0 saturated carbocycles. The van der Waals surface area contributed by atoms with Gasteiger partial charge in [-0.1, -0.05) is 0 Å². The number of carbonyl (C=O) groups is 1. The van der Waals surface area contributed by atoms with E-state index in [0.717, 1.165) is 18.0 Å².